The van der Waals surface area contributed by atoms with E-state index in [1.54, 1.807) is 36.7 Å². The molecule has 1 amide bonds. The standard InChI is InChI=1S/C27H23F6N3O2S/c28-26(29,30)24-19(7-9-23(37)36-11-13-38-14-12-36)6-8-22(25(24)27(31,32)33)39-21-5-1-4-20(15-21)35-17-18-3-2-10-34-16-18/h1-10,15-16,35H,11-14,17H2. The summed E-state index contributed by atoms with van der Waals surface area (Å²) < 4.78 is 89.9. The second-order valence-electron chi connectivity index (χ2n) is 8.51. The Balaban J connectivity index is 1.65. The van der Waals surface area contributed by atoms with Crippen molar-refractivity contribution in [1.82, 2.24) is 9.88 Å². The topological polar surface area (TPSA) is 54.5 Å². The molecule has 0 aliphatic carbocycles. The van der Waals surface area contributed by atoms with E-state index in [0.717, 1.165) is 29.8 Å². The Bertz CT molecular complexity index is 1320. The van der Waals surface area contributed by atoms with Crippen molar-refractivity contribution in [2.45, 2.75) is 28.7 Å². The van der Waals surface area contributed by atoms with Crippen LogP contribution >= 0.6 is 11.8 Å². The number of anilines is 1. The van der Waals surface area contributed by atoms with E-state index in [4.69, 9.17) is 4.74 Å². The van der Waals surface area contributed by atoms with Crippen molar-refractivity contribution in [3.8, 4) is 0 Å². The Labute approximate surface area is 224 Å². The van der Waals surface area contributed by atoms with Gasteiger partial charge in [-0.2, -0.15) is 26.3 Å². The van der Waals surface area contributed by atoms with Crippen LogP contribution in [0.25, 0.3) is 6.08 Å². The zero-order valence-corrected chi connectivity index (χ0v) is 21.2. The van der Waals surface area contributed by atoms with Gasteiger partial charge in [-0.3, -0.25) is 9.78 Å². The molecule has 1 saturated heterocycles. The maximum Gasteiger partial charge on any atom is 0.418 e. The maximum atomic E-state index is 14.2. The second-order valence-corrected chi connectivity index (χ2v) is 9.63. The summed E-state index contributed by atoms with van der Waals surface area (Å²) in [4.78, 5) is 17.4. The van der Waals surface area contributed by atoms with Crippen LogP contribution in [0, 0.1) is 0 Å². The van der Waals surface area contributed by atoms with E-state index in [1.165, 1.54) is 11.0 Å². The van der Waals surface area contributed by atoms with Gasteiger partial charge in [0.15, 0.2) is 0 Å². The molecule has 0 spiro atoms. The number of carbonyl (C=O) groups excluding carboxylic acids is 1. The van der Waals surface area contributed by atoms with Gasteiger partial charge in [0.25, 0.3) is 0 Å². The first kappa shape index (κ1) is 28.5. The molecule has 39 heavy (non-hydrogen) atoms. The highest BCUT2D eigenvalue weighted by atomic mass is 32.2. The Morgan fingerprint density at radius 2 is 1.74 bits per heavy atom. The van der Waals surface area contributed by atoms with Gasteiger partial charge in [-0.15, -0.1) is 0 Å². The lowest BCUT2D eigenvalue weighted by molar-refractivity contribution is -0.163. The monoisotopic (exact) mass is 567 g/mol. The minimum Gasteiger partial charge on any atom is -0.381 e. The van der Waals surface area contributed by atoms with Crippen LogP contribution in [-0.2, 0) is 28.4 Å². The van der Waals surface area contributed by atoms with Crippen LogP contribution in [0.2, 0.25) is 0 Å². The smallest absolute Gasteiger partial charge is 0.381 e. The van der Waals surface area contributed by atoms with Crippen LogP contribution in [0.15, 0.2) is 76.8 Å². The molecule has 1 aliphatic heterocycles. The van der Waals surface area contributed by atoms with E-state index in [-0.39, 0.29) is 26.3 Å². The number of ether oxygens (including phenoxy) is 1. The first-order valence-corrected chi connectivity index (χ1v) is 12.6. The fourth-order valence-electron chi connectivity index (χ4n) is 3.96. The molecule has 0 bridgehead atoms. The number of hydrogen-bond donors (Lipinski definition) is 1. The number of amides is 1. The quantitative estimate of drug-likeness (QED) is 0.253. The van der Waals surface area contributed by atoms with Gasteiger partial charge >= 0.3 is 12.4 Å². The van der Waals surface area contributed by atoms with E-state index in [9.17, 15) is 31.1 Å². The van der Waals surface area contributed by atoms with E-state index < -0.39 is 39.8 Å². The molecule has 2 aromatic carbocycles. The third-order valence-electron chi connectivity index (χ3n) is 5.78. The van der Waals surface area contributed by atoms with E-state index >= 15 is 0 Å². The molecule has 0 saturated carbocycles. The summed E-state index contributed by atoms with van der Waals surface area (Å²) in [7, 11) is 0. The van der Waals surface area contributed by atoms with Gasteiger partial charge < -0.3 is 15.0 Å². The lowest BCUT2D eigenvalue weighted by Gasteiger charge is -2.25. The van der Waals surface area contributed by atoms with Crippen molar-refractivity contribution in [3.63, 3.8) is 0 Å². The van der Waals surface area contributed by atoms with Crippen molar-refractivity contribution < 1.29 is 35.9 Å². The molecule has 206 valence electrons. The molecule has 1 aromatic heterocycles. The first-order chi connectivity index (χ1) is 18.5. The molecule has 12 heteroatoms. The largest absolute Gasteiger partial charge is 0.418 e. The zero-order chi connectivity index (χ0) is 28.0. The highest BCUT2D eigenvalue weighted by Crippen LogP contribution is 2.48. The molecule has 2 heterocycles. The Morgan fingerprint density at radius 1 is 1.00 bits per heavy atom. The number of halogens is 6. The van der Waals surface area contributed by atoms with Gasteiger partial charge in [-0.1, -0.05) is 30.0 Å². The Kier molecular flexibility index (Phi) is 8.86. The summed E-state index contributed by atoms with van der Waals surface area (Å²) in [5.41, 5.74) is -2.92. The van der Waals surface area contributed by atoms with Crippen LogP contribution in [0.4, 0.5) is 32.0 Å². The molecule has 1 aliphatic rings. The van der Waals surface area contributed by atoms with Gasteiger partial charge in [-0.05, 0) is 47.5 Å². The predicted molar refractivity (Wildman–Crippen MR) is 135 cm³/mol. The number of nitrogens with one attached hydrogen (secondary N) is 1. The number of morpholine rings is 1. The molecule has 1 fully saturated rings. The van der Waals surface area contributed by atoms with Gasteiger partial charge in [0.1, 0.15) is 0 Å². The normalized spacial score (nSPS) is 14.6. The fourth-order valence-corrected chi connectivity index (χ4v) is 5.01. The van der Waals surface area contributed by atoms with Crippen LogP contribution < -0.4 is 5.32 Å². The summed E-state index contributed by atoms with van der Waals surface area (Å²) in [6.45, 7) is 1.44. The molecule has 1 N–H and O–H groups in total. The lowest BCUT2D eigenvalue weighted by atomic mass is 9.99. The highest BCUT2D eigenvalue weighted by Gasteiger charge is 2.46. The Hall–Kier alpha value is -3.51. The average Bonchev–Trinajstić information content (AvgIpc) is 2.91. The van der Waals surface area contributed by atoms with E-state index in [2.05, 4.69) is 10.3 Å². The highest BCUT2D eigenvalue weighted by molar-refractivity contribution is 7.99. The second kappa shape index (κ2) is 12.1. The number of carbonyl (C=O) groups is 1. The summed E-state index contributed by atoms with van der Waals surface area (Å²) in [5.74, 6) is -0.603. The Morgan fingerprint density at radius 3 is 2.41 bits per heavy atom. The minimum atomic E-state index is -5.32. The van der Waals surface area contributed by atoms with Crippen molar-refractivity contribution >= 4 is 29.4 Å². The van der Waals surface area contributed by atoms with Crippen molar-refractivity contribution in [2.24, 2.45) is 0 Å². The third-order valence-corrected chi connectivity index (χ3v) is 6.83. The summed E-state index contributed by atoms with van der Waals surface area (Å²) >= 11 is 0.578. The van der Waals surface area contributed by atoms with Crippen LogP contribution in [0.1, 0.15) is 22.3 Å². The van der Waals surface area contributed by atoms with Gasteiger partial charge in [0.05, 0.1) is 24.3 Å². The molecular weight excluding hydrogens is 544 g/mol. The SMILES string of the molecule is O=C(C=Cc1ccc(Sc2cccc(NCc3cccnc3)c2)c(C(F)(F)F)c1C(F)(F)F)N1CCOCC1. The third kappa shape index (κ3) is 7.54. The zero-order valence-electron chi connectivity index (χ0n) is 20.4. The van der Waals surface area contributed by atoms with Gasteiger partial charge in [0, 0.05) is 53.6 Å². The van der Waals surface area contributed by atoms with Crippen LogP contribution in [0.3, 0.4) is 0 Å². The average molecular weight is 568 g/mol. The van der Waals surface area contributed by atoms with Crippen molar-refractivity contribution in [2.75, 3.05) is 31.6 Å². The molecule has 4 rings (SSSR count). The molecule has 0 atom stereocenters. The van der Waals surface area contributed by atoms with Gasteiger partial charge in [0.2, 0.25) is 5.91 Å². The number of rotatable bonds is 7. The minimum absolute atomic E-state index is 0.245. The summed E-state index contributed by atoms with van der Waals surface area (Å²) in [6, 6.07) is 11.9. The molecular formula is C27H23F6N3O2S. The fraction of sp³-hybridized carbons (Fsp3) is 0.259. The maximum absolute atomic E-state index is 14.2. The van der Waals surface area contributed by atoms with E-state index in [1.807, 2.05) is 6.07 Å². The van der Waals surface area contributed by atoms with Gasteiger partial charge in [-0.25, -0.2) is 0 Å². The molecule has 3 aromatic rings. The van der Waals surface area contributed by atoms with Crippen molar-refractivity contribution in [3.05, 3.63) is 89.3 Å². The summed E-state index contributed by atoms with van der Waals surface area (Å²) in [5, 5.41) is 3.12. The number of nitrogens with zero attached hydrogens (tertiary/aromatic N) is 2. The number of alkyl halides is 6. The number of benzene rings is 2. The number of aromatic nitrogens is 1. The first-order valence-electron chi connectivity index (χ1n) is 11.8. The van der Waals surface area contributed by atoms with Crippen molar-refractivity contribution in [1.29, 1.82) is 0 Å². The molecule has 0 unspecified atom stereocenters. The van der Waals surface area contributed by atoms with Crippen LogP contribution in [0.5, 0.6) is 0 Å². The number of hydrogen-bond acceptors (Lipinski definition) is 5. The van der Waals surface area contributed by atoms with E-state index in [0.29, 0.717) is 28.9 Å². The number of pyridine rings is 1. The molecule has 5 nitrogen and oxygen atoms in total. The summed E-state index contributed by atoms with van der Waals surface area (Å²) in [6.07, 6.45) is -5.70. The molecule has 0 radical (unpaired) electrons. The lowest BCUT2D eigenvalue weighted by Crippen LogP contribution is -2.39. The van der Waals surface area contributed by atoms with Crippen LogP contribution in [-0.4, -0.2) is 42.1 Å². The predicted octanol–water partition coefficient (Wildman–Crippen LogP) is 6.75.